The first-order valence-electron chi connectivity index (χ1n) is 18.2. The molecule has 2 aliphatic carbocycles. The molecule has 8 aromatic rings. The quantitative estimate of drug-likeness (QED) is 0.141. The minimum atomic E-state index is -0.614. The van der Waals surface area contributed by atoms with Gasteiger partial charge in [0, 0.05) is 27.6 Å². The van der Waals surface area contributed by atoms with Crippen molar-refractivity contribution in [1.29, 1.82) is 10.8 Å². The molecule has 53 heavy (non-hydrogen) atoms. The second kappa shape index (κ2) is 11.2. The Hall–Kier alpha value is -6.52. The van der Waals surface area contributed by atoms with Crippen LogP contribution in [0.25, 0.3) is 49.7 Å². The first kappa shape index (κ1) is 31.2. The number of nitrogens with one attached hydrogen (secondary N) is 2. The van der Waals surface area contributed by atoms with E-state index in [0.717, 1.165) is 22.3 Å². The lowest BCUT2D eigenvalue weighted by Crippen LogP contribution is -2.26. The van der Waals surface area contributed by atoms with E-state index in [-0.39, 0.29) is 17.2 Å². The first-order valence-corrected chi connectivity index (χ1v) is 18.2. The summed E-state index contributed by atoms with van der Waals surface area (Å²) < 4.78 is 8.39. The van der Waals surface area contributed by atoms with Crippen LogP contribution in [0.5, 0.6) is 0 Å². The largest absolute Gasteiger partial charge is 0.421 e. The highest BCUT2D eigenvalue weighted by Gasteiger charge is 2.52. The van der Waals surface area contributed by atoms with Crippen molar-refractivity contribution >= 4 is 33.6 Å². The molecule has 0 amide bonds. The molecule has 1 spiro atoms. The van der Waals surface area contributed by atoms with Crippen LogP contribution in [0.4, 0.5) is 0 Å². The maximum Gasteiger partial charge on any atom is 0.221 e. The van der Waals surface area contributed by atoms with Crippen LogP contribution < -0.4 is 0 Å². The van der Waals surface area contributed by atoms with Crippen molar-refractivity contribution in [2.24, 2.45) is 0 Å². The lowest BCUT2D eigenvalue weighted by atomic mass is 9.70. The molecule has 4 nitrogen and oxygen atoms in total. The van der Waals surface area contributed by atoms with E-state index in [0.29, 0.717) is 11.1 Å². The predicted molar refractivity (Wildman–Crippen MR) is 217 cm³/mol. The van der Waals surface area contributed by atoms with Crippen molar-refractivity contribution in [2.45, 2.75) is 31.6 Å². The molecule has 2 N–H and O–H groups in total. The van der Waals surface area contributed by atoms with Gasteiger partial charge in [-0.25, -0.2) is 0 Å². The summed E-state index contributed by atoms with van der Waals surface area (Å²) in [6.45, 7) is 6.52. The molecular formula is C49H37N3O. The summed E-state index contributed by atoms with van der Waals surface area (Å²) in [6.07, 6.45) is 0. The van der Waals surface area contributed by atoms with E-state index in [9.17, 15) is 0 Å². The number of nitrogens with zero attached hydrogens (tertiary/aromatic N) is 1. The fraction of sp³-hybridized carbons (Fsp3) is 0.102. The third-order valence-electron chi connectivity index (χ3n) is 11.4. The van der Waals surface area contributed by atoms with Crippen molar-refractivity contribution in [2.75, 3.05) is 0 Å². The van der Waals surface area contributed by atoms with E-state index >= 15 is 0 Å². The number of aromatic nitrogens is 1. The molecule has 0 fully saturated rings. The van der Waals surface area contributed by atoms with Crippen molar-refractivity contribution < 1.29 is 4.74 Å². The van der Waals surface area contributed by atoms with Crippen LogP contribution in [-0.4, -0.2) is 16.4 Å². The van der Waals surface area contributed by atoms with Gasteiger partial charge in [0.05, 0.1) is 16.4 Å². The standard InChI is InChI=1S/C49H37N3O/c1-48(2,3)32-24-21-30(22-25-32)46(50)53-47(51)31-23-26-36-34-15-7-10-18-40(34)49(42(36)27-31)41-19-11-8-16-35(41)38-28-39-37-17-9-12-20-44(37)52(45(39)29-43(38)49)33-13-5-4-6-14-33/h4-29,50-51H,1-3H3. The Morgan fingerprint density at radius 3 is 1.77 bits per heavy atom. The van der Waals surface area contributed by atoms with Crippen LogP contribution in [0.1, 0.15) is 59.7 Å². The molecular weight excluding hydrogens is 647 g/mol. The van der Waals surface area contributed by atoms with Crippen LogP contribution >= 0.6 is 0 Å². The number of para-hydroxylation sites is 2. The molecule has 0 aliphatic heterocycles. The van der Waals surface area contributed by atoms with Gasteiger partial charge in [-0.2, -0.15) is 0 Å². The van der Waals surface area contributed by atoms with Gasteiger partial charge in [0.15, 0.2) is 0 Å². The number of hydrogen-bond acceptors (Lipinski definition) is 3. The van der Waals surface area contributed by atoms with E-state index < -0.39 is 5.41 Å². The molecule has 1 atom stereocenters. The zero-order valence-electron chi connectivity index (χ0n) is 29.9. The predicted octanol–water partition coefficient (Wildman–Crippen LogP) is 11.8. The van der Waals surface area contributed by atoms with Gasteiger partial charge in [0.25, 0.3) is 0 Å². The molecule has 0 bridgehead atoms. The lowest BCUT2D eigenvalue weighted by Gasteiger charge is -2.31. The SMILES string of the molecule is CC(C)(C)c1ccc(C(=N)OC(=N)c2ccc3c(c2)C2(c4ccccc4-3)c3ccccc3-c3cc4c5ccccc5n(-c5ccccc5)c4cc32)cc1. The van der Waals surface area contributed by atoms with Gasteiger partial charge in [0.2, 0.25) is 11.8 Å². The molecule has 0 radical (unpaired) electrons. The van der Waals surface area contributed by atoms with E-state index in [4.69, 9.17) is 15.6 Å². The number of benzene rings is 7. The molecule has 7 aromatic carbocycles. The van der Waals surface area contributed by atoms with E-state index in [1.54, 1.807) is 0 Å². The Kier molecular flexibility index (Phi) is 6.62. The Labute approximate surface area is 309 Å². The van der Waals surface area contributed by atoms with Gasteiger partial charge in [-0.3, -0.25) is 10.8 Å². The molecule has 4 heteroatoms. The van der Waals surface area contributed by atoms with Crippen molar-refractivity contribution in [1.82, 2.24) is 4.57 Å². The Bertz CT molecular complexity index is 2820. The topological polar surface area (TPSA) is 61.9 Å². The highest BCUT2D eigenvalue weighted by atomic mass is 16.5. The lowest BCUT2D eigenvalue weighted by molar-refractivity contribution is 0.537. The average molecular weight is 684 g/mol. The van der Waals surface area contributed by atoms with Crippen molar-refractivity contribution in [3.63, 3.8) is 0 Å². The zero-order chi connectivity index (χ0) is 36.1. The molecule has 1 aromatic heterocycles. The summed E-state index contributed by atoms with van der Waals surface area (Å²) >= 11 is 0. The molecule has 2 aliphatic rings. The summed E-state index contributed by atoms with van der Waals surface area (Å²) in [5, 5.41) is 20.4. The van der Waals surface area contributed by atoms with Crippen LogP contribution in [0.2, 0.25) is 0 Å². The van der Waals surface area contributed by atoms with Crippen LogP contribution in [0.3, 0.4) is 0 Å². The number of rotatable bonds is 3. The fourth-order valence-corrected chi connectivity index (χ4v) is 8.94. The highest BCUT2D eigenvalue weighted by Crippen LogP contribution is 2.63. The van der Waals surface area contributed by atoms with E-state index in [1.807, 2.05) is 30.3 Å². The summed E-state index contributed by atoms with van der Waals surface area (Å²) in [6, 6.07) is 55.9. The monoisotopic (exact) mass is 683 g/mol. The molecule has 0 saturated carbocycles. The molecule has 254 valence electrons. The van der Waals surface area contributed by atoms with Crippen LogP contribution in [0, 0.1) is 10.8 Å². The van der Waals surface area contributed by atoms with Gasteiger partial charge >= 0.3 is 0 Å². The minimum Gasteiger partial charge on any atom is -0.421 e. The molecule has 0 saturated heterocycles. The maximum atomic E-state index is 9.15. The number of ether oxygens (including phenoxy) is 1. The molecule has 1 unspecified atom stereocenters. The maximum absolute atomic E-state index is 9.15. The van der Waals surface area contributed by atoms with Gasteiger partial charge in [-0.05, 0) is 110 Å². The minimum absolute atomic E-state index is 0.00755. The van der Waals surface area contributed by atoms with Gasteiger partial charge in [-0.15, -0.1) is 0 Å². The highest BCUT2D eigenvalue weighted by molar-refractivity contribution is 6.13. The smallest absolute Gasteiger partial charge is 0.221 e. The fourth-order valence-electron chi connectivity index (χ4n) is 8.94. The summed E-state index contributed by atoms with van der Waals surface area (Å²) in [5.41, 5.74) is 14.9. The van der Waals surface area contributed by atoms with Crippen molar-refractivity contribution in [3.8, 4) is 27.9 Å². The van der Waals surface area contributed by atoms with Gasteiger partial charge in [0.1, 0.15) is 0 Å². The third kappa shape index (κ3) is 4.42. The Balaban J connectivity index is 1.18. The zero-order valence-corrected chi connectivity index (χ0v) is 29.9. The normalized spacial score (nSPS) is 15.3. The second-order valence-electron chi connectivity index (χ2n) is 15.3. The molecule has 1 heterocycles. The van der Waals surface area contributed by atoms with E-state index in [1.165, 1.54) is 55.2 Å². The molecule has 10 rings (SSSR count). The van der Waals surface area contributed by atoms with Gasteiger partial charge in [-0.1, -0.05) is 124 Å². The van der Waals surface area contributed by atoms with Crippen molar-refractivity contribution in [3.05, 3.63) is 197 Å². The van der Waals surface area contributed by atoms with Gasteiger partial charge < -0.3 is 9.30 Å². The summed E-state index contributed by atoms with van der Waals surface area (Å²) in [4.78, 5) is 0. The van der Waals surface area contributed by atoms with Crippen LogP contribution in [0.15, 0.2) is 158 Å². The number of fused-ring (bicyclic) bond motifs is 13. The Morgan fingerprint density at radius 1 is 0.491 bits per heavy atom. The third-order valence-corrected chi connectivity index (χ3v) is 11.4. The number of hydrogen-bond donors (Lipinski definition) is 2. The Morgan fingerprint density at radius 2 is 1.06 bits per heavy atom. The van der Waals surface area contributed by atoms with Crippen LogP contribution in [-0.2, 0) is 15.6 Å². The summed E-state index contributed by atoms with van der Waals surface area (Å²) in [7, 11) is 0. The van der Waals surface area contributed by atoms with E-state index in [2.05, 4.69) is 153 Å². The summed E-state index contributed by atoms with van der Waals surface area (Å²) in [5.74, 6) is -0.0865. The first-order chi connectivity index (χ1) is 25.7. The second-order valence-corrected chi connectivity index (χ2v) is 15.3. The average Bonchev–Trinajstić information content (AvgIpc) is 3.78.